The summed E-state index contributed by atoms with van der Waals surface area (Å²) in [5, 5.41) is 3.26. The molecule has 0 bridgehead atoms. The van der Waals surface area contributed by atoms with Gasteiger partial charge in [0.15, 0.2) is 0 Å². The van der Waals surface area contributed by atoms with Crippen molar-refractivity contribution in [2.45, 2.75) is 44.2 Å². The average molecular weight is 241 g/mol. The fourth-order valence-electron chi connectivity index (χ4n) is 2.38. The standard InChI is InChI=1S/C13H23NO3/c1-4-9-14-13(12(15)17-5-2)8-6-7-11(10-13)16-3/h4,11,14H,1,5-10H2,2-3H3. The first-order valence-corrected chi connectivity index (χ1v) is 6.24. The van der Waals surface area contributed by atoms with Crippen molar-refractivity contribution in [1.29, 1.82) is 0 Å². The maximum atomic E-state index is 12.1. The first kappa shape index (κ1) is 14.2. The Bertz CT molecular complexity index is 267. The number of esters is 1. The monoisotopic (exact) mass is 241 g/mol. The van der Waals surface area contributed by atoms with Crippen LogP contribution < -0.4 is 5.32 Å². The van der Waals surface area contributed by atoms with E-state index in [2.05, 4.69) is 11.9 Å². The van der Waals surface area contributed by atoms with E-state index in [0.717, 1.165) is 19.3 Å². The summed E-state index contributed by atoms with van der Waals surface area (Å²) in [6, 6.07) is 0. The number of carbonyl (C=O) groups excluding carboxylic acids is 1. The van der Waals surface area contributed by atoms with Gasteiger partial charge in [-0.05, 0) is 26.2 Å². The first-order valence-electron chi connectivity index (χ1n) is 6.24. The molecular formula is C13H23NO3. The highest BCUT2D eigenvalue weighted by atomic mass is 16.5. The highest BCUT2D eigenvalue weighted by Crippen LogP contribution is 2.31. The van der Waals surface area contributed by atoms with E-state index < -0.39 is 5.54 Å². The van der Waals surface area contributed by atoms with Gasteiger partial charge >= 0.3 is 5.97 Å². The molecule has 1 aliphatic carbocycles. The molecule has 1 aliphatic rings. The lowest BCUT2D eigenvalue weighted by Gasteiger charge is -2.38. The Balaban J connectivity index is 2.76. The van der Waals surface area contributed by atoms with Crippen molar-refractivity contribution in [1.82, 2.24) is 5.32 Å². The number of hydrogen-bond donors (Lipinski definition) is 1. The summed E-state index contributed by atoms with van der Waals surface area (Å²) in [6.07, 6.45) is 5.35. The minimum atomic E-state index is -0.594. The summed E-state index contributed by atoms with van der Waals surface area (Å²) in [5.41, 5.74) is -0.594. The maximum Gasteiger partial charge on any atom is 0.326 e. The SMILES string of the molecule is C=CCNC1(C(=O)OCC)CCCC(OC)C1. The molecule has 0 aliphatic heterocycles. The largest absolute Gasteiger partial charge is 0.465 e. The molecule has 4 heteroatoms. The molecule has 1 N–H and O–H groups in total. The van der Waals surface area contributed by atoms with E-state index in [1.165, 1.54) is 0 Å². The molecule has 0 saturated heterocycles. The third-order valence-corrected chi connectivity index (χ3v) is 3.29. The molecule has 0 radical (unpaired) electrons. The molecule has 1 rings (SSSR count). The van der Waals surface area contributed by atoms with Gasteiger partial charge in [-0.3, -0.25) is 10.1 Å². The van der Waals surface area contributed by atoms with Crippen LogP contribution in [0.4, 0.5) is 0 Å². The predicted molar refractivity (Wildman–Crippen MR) is 66.8 cm³/mol. The number of ether oxygens (including phenoxy) is 2. The molecule has 98 valence electrons. The molecule has 0 aromatic rings. The van der Waals surface area contributed by atoms with Gasteiger partial charge in [0.05, 0.1) is 12.7 Å². The van der Waals surface area contributed by atoms with Crippen molar-refractivity contribution in [3.8, 4) is 0 Å². The van der Waals surface area contributed by atoms with Crippen LogP contribution in [0.2, 0.25) is 0 Å². The highest BCUT2D eigenvalue weighted by Gasteiger charge is 2.43. The van der Waals surface area contributed by atoms with E-state index in [1.807, 2.05) is 6.92 Å². The number of methoxy groups -OCH3 is 1. The Kier molecular flexibility index (Phi) is 5.65. The Labute approximate surface area is 103 Å². The zero-order valence-electron chi connectivity index (χ0n) is 10.8. The van der Waals surface area contributed by atoms with Crippen molar-refractivity contribution in [2.75, 3.05) is 20.3 Å². The van der Waals surface area contributed by atoms with Crippen LogP contribution in [0.1, 0.15) is 32.6 Å². The molecule has 1 saturated carbocycles. The third-order valence-electron chi connectivity index (χ3n) is 3.29. The number of carbonyl (C=O) groups is 1. The second-order valence-electron chi connectivity index (χ2n) is 4.43. The zero-order valence-corrected chi connectivity index (χ0v) is 10.8. The van der Waals surface area contributed by atoms with Gasteiger partial charge in [0.2, 0.25) is 0 Å². The summed E-state index contributed by atoms with van der Waals surface area (Å²) < 4.78 is 10.6. The molecule has 2 atom stereocenters. The summed E-state index contributed by atoms with van der Waals surface area (Å²) in [7, 11) is 1.69. The highest BCUT2D eigenvalue weighted by molar-refractivity contribution is 5.81. The third kappa shape index (κ3) is 3.54. The average Bonchev–Trinajstić information content (AvgIpc) is 2.37. The lowest BCUT2D eigenvalue weighted by Crippen LogP contribution is -2.56. The van der Waals surface area contributed by atoms with Crippen LogP contribution in [0.5, 0.6) is 0 Å². The molecular weight excluding hydrogens is 218 g/mol. The van der Waals surface area contributed by atoms with Gasteiger partial charge in [-0.25, -0.2) is 0 Å². The molecule has 4 nitrogen and oxygen atoms in total. The van der Waals surface area contributed by atoms with E-state index in [9.17, 15) is 4.79 Å². The van der Waals surface area contributed by atoms with Crippen LogP contribution in [-0.4, -0.2) is 37.9 Å². The molecule has 17 heavy (non-hydrogen) atoms. The topological polar surface area (TPSA) is 47.6 Å². The van der Waals surface area contributed by atoms with E-state index >= 15 is 0 Å². The van der Waals surface area contributed by atoms with Gasteiger partial charge in [-0.2, -0.15) is 0 Å². The molecule has 0 aromatic carbocycles. The van der Waals surface area contributed by atoms with Crippen LogP contribution in [-0.2, 0) is 14.3 Å². The first-order chi connectivity index (χ1) is 8.18. The molecule has 1 fully saturated rings. The van der Waals surface area contributed by atoms with E-state index in [1.54, 1.807) is 13.2 Å². The van der Waals surface area contributed by atoms with Gasteiger partial charge < -0.3 is 9.47 Å². The van der Waals surface area contributed by atoms with Crippen LogP contribution in [0, 0.1) is 0 Å². The van der Waals surface area contributed by atoms with Crippen LogP contribution in [0.15, 0.2) is 12.7 Å². The number of hydrogen-bond acceptors (Lipinski definition) is 4. The molecule has 0 heterocycles. The van der Waals surface area contributed by atoms with E-state index in [-0.39, 0.29) is 12.1 Å². The van der Waals surface area contributed by atoms with E-state index in [0.29, 0.717) is 19.6 Å². The van der Waals surface area contributed by atoms with Gasteiger partial charge in [-0.15, -0.1) is 6.58 Å². The van der Waals surface area contributed by atoms with Crippen molar-refractivity contribution in [2.24, 2.45) is 0 Å². The smallest absolute Gasteiger partial charge is 0.326 e. The summed E-state index contributed by atoms with van der Waals surface area (Å²) in [4.78, 5) is 12.1. The maximum absolute atomic E-state index is 12.1. The van der Waals surface area contributed by atoms with Crippen molar-refractivity contribution >= 4 is 5.97 Å². The van der Waals surface area contributed by atoms with Gasteiger partial charge in [0.25, 0.3) is 0 Å². The minimum absolute atomic E-state index is 0.130. The Hall–Kier alpha value is -0.870. The lowest BCUT2D eigenvalue weighted by atomic mass is 9.80. The fourth-order valence-corrected chi connectivity index (χ4v) is 2.38. The molecule has 0 spiro atoms. The van der Waals surface area contributed by atoms with Crippen LogP contribution in [0.3, 0.4) is 0 Å². The van der Waals surface area contributed by atoms with Crippen molar-refractivity contribution < 1.29 is 14.3 Å². The quantitative estimate of drug-likeness (QED) is 0.567. The summed E-state index contributed by atoms with van der Waals surface area (Å²) >= 11 is 0. The molecule has 2 unspecified atom stereocenters. The zero-order chi connectivity index (χ0) is 12.7. The van der Waals surface area contributed by atoms with E-state index in [4.69, 9.17) is 9.47 Å². The van der Waals surface area contributed by atoms with Crippen molar-refractivity contribution in [3.05, 3.63) is 12.7 Å². The summed E-state index contributed by atoms with van der Waals surface area (Å²) in [5.74, 6) is -0.163. The van der Waals surface area contributed by atoms with Crippen LogP contribution >= 0.6 is 0 Å². The Morgan fingerprint density at radius 2 is 2.41 bits per heavy atom. The Morgan fingerprint density at radius 3 is 3.00 bits per heavy atom. The fraction of sp³-hybridized carbons (Fsp3) is 0.769. The van der Waals surface area contributed by atoms with Crippen LogP contribution in [0.25, 0.3) is 0 Å². The molecule has 0 aromatic heterocycles. The minimum Gasteiger partial charge on any atom is -0.465 e. The van der Waals surface area contributed by atoms with Gasteiger partial charge in [0.1, 0.15) is 5.54 Å². The molecule has 0 amide bonds. The predicted octanol–water partition coefficient (Wildman–Crippen LogP) is 1.65. The van der Waals surface area contributed by atoms with Gasteiger partial charge in [0, 0.05) is 20.1 Å². The number of rotatable bonds is 6. The normalized spacial score (nSPS) is 28.7. The second-order valence-corrected chi connectivity index (χ2v) is 4.43. The Morgan fingerprint density at radius 1 is 1.65 bits per heavy atom. The number of nitrogens with one attached hydrogen (secondary N) is 1. The van der Waals surface area contributed by atoms with Gasteiger partial charge in [-0.1, -0.05) is 6.08 Å². The summed E-state index contributed by atoms with van der Waals surface area (Å²) in [6.45, 7) is 6.52. The second kappa shape index (κ2) is 6.77. The lowest BCUT2D eigenvalue weighted by molar-refractivity contribution is -0.155. The van der Waals surface area contributed by atoms with Crippen molar-refractivity contribution in [3.63, 3.8) is 0 Å².